The highest BCUT2D eigenvalue weighted by atomic mass is 16.5. The van der Waals surface area contributed by atoms with Gasteiger partial charge in [0.1, 0.15) is 0 Å². The number of rotatable bonds is 13. The summed E-state index contributed by atoms with van der Waals surface area (Å²) in [5.74, 6) is 0. The topological polar surface area (TPSA) is 70.4 Å². The molecule has 7 nitrogen and oxygen atoms in total. The van der Waals surface area contributed by atoms with Crippen LogP contribution in [-0.4, -0.2) is 61.2 Å². The minimum absolute atomic E-state index is 0.447. The Balaban J connectivity index is 1.97. The quantitative estimate of drug-likeness (QED) is 0.545. The fourth-order valence-electron chi connectivity index (χ4n) is 1.62. The van der Waals surface area contributed by atoms with Crippen LogP contribution < -0.4 is 5.32 Å². The number of nitrogens with one attached hydrogen (secondary N) is 1. The van der Waals surface area contributed by atoms with E-state index < -0.39 is 0 Å². The molecule has 0 radical (unpaired) electrons. The Morgan fingerprint density at radius 3 is 2.62 bits per heavy atom. The Kier molecular flexibility index (Phi) is 9.98. The highest BCUT2D eigenvalue weighted by Crippen LogP contribution is 1.94. The molecule has 1 aromatic heterocycles. The molecule has 0 aliphatic carbocycles. The lowest BCUT2D eigenvalue weighted by molar-refractivity contribution is 0.0366. The zero-order valence-corrected chi connectivity index (χ0v) is 13.4. The second-order valence-electron chi connectivity index (χ2n) is 5.08. The lowest BCUT2D eigenvalue weighted by Crippen LogP contribution is -2.21. The van der Waals surface area contributed by atoms with Gasteiger partial charge in [0.15, 0.2) is 0 Å². The molecule has 0 bridgehead atoms. The SMILES string of the molecule is COCCCOCCOCCn1cc(CNC(C)C)nn1. The number of hydrogen-bond donors (Lipinski definition) is 1. The normalized spacial score (nSPS) is 11.4. The maximum atomic E-state index is 5.49. The Labute approximate surface area is 126 Å². The molecule has 0 amide bonds. The standard InChI is InChI=1S/C14H28N4O3/c1-13(2)15-11-14-12-18(17-16-14)5-8-21-10-9-20-7-4-6-19-3/h12-13,15H,4-11H2,1-3H3. The predicted octanol–water partition coefficient (Wildman–Crippen LogP) is 0.846. The number of aromatic nitrogens is 3. The number of ether oxygens (including phenoxy) is 3. The highest BCUT2D eigenvalue weighted by Gasteiger charge is 2.01. The van der Waals surface area contributed by atoms with E-state index in [4.69, 9.17) is 14.2 Å². The van der Waals surface area contributed by atoms with Crippen molar-refractivity contribution in [2.75, 3.05) is 40.1 Å². The highest BCUT2D eigenvalue weighted by molar-refractivity contribution is 4.91. The molecular weight excluding hydrogens is 272 g/mol. The second-order valence-corrected chi connectivity index (χ2v) is 5.08. The summed E-state index contributed by atoms with van der Waals surface area (Å²) in [5.41, 5.74) is 0.949. The smallest absolute Gasteiger partial charge is 0.0964 e. The van der Waals surface area contributed by atoms with Crippen LogP contribution in [0.4, 0.5) is 0 Å². The van der Waals surface area contributed by atoms with E-state index in [1.807, 2.05) is 6.20 Å². The summed E-state index contributed by atoms with van der Waals surface area (Å²) in [6.45, 7) is 8.95. The maximum absolute atomic E-state index is 5.49. The van der Waals surface area contributed by atoms with Crippen molar-refractivity contribution in [2.45, 2.75) is 39.4 Å². The van der Waals surface area contributed by atoms with E-state index in [-0.39, 0.29) is 0 Å². The lowest BCUT2D eigenvalue weighted by Gasteiger charge is -2.05. The molecule has 1 aromatic rings. The molecule has 0 fully saturated rings. The van der Waals surface area contributed by atoms with Crippen LogP contribution in [0.15, 0.2) is 6.20 Å². The zero-order chi connectivity index (χ0) is 15.3. The molecular formula is C14H28N4O3. The van der Waals surface area contributed by atoms with Crippen LogP contribution in [0.2, 0.25) is 0 Å². The minimum Gasteiger partial charge on any atom is -0.385 e. The van der Waals surface area contributed by atoms with E-state index in [1.165, 1.54) is 0 Å². The molecule has 0 saturated heterocycles. The molecule has 0 saturated carbocycles. The van der Waals surface area contributed by atoms with Crippen LogP contribution >= 0.6 is 0 Å². The van der Waals surface area contributed by atoms with Crippen molar-refractivity contribution in [3.8, 4) is 0 Å². The van der Waals surface area contributed by atoms with Crippen molar-refractivity contribution in [3.63, 3.8) is 0 Å². The molecule has 0 spiro atoms. The predicted molar refractivity (Wildman–Crippen MR) is 80.1 cm³/mol. The Morgan fingerprint density at radius 2 is 1.90 bits per heavy atom. The maximum Gasteiger partial charge on any atom is 0.0964 e. The lowest BCUT2D eigenvalue weighted by atomic mass is 10.3. The first-order valence-corrected chi connectivity index (χ1v) is 7.49. The van der Waals surface area contributed by atoms with Gasteiger partial charge in [-0.15, -0.1) is 5.10 Å². The van der Waals surface area contributed by atoms with Crippen LogP contribution in [0.25, 0.3) is 0 Å². The Bertz CT molecular complexity index is 358. The van der Waals surface area contributed by atoms with Crippen LogP contribution in [0.3, 0.4) is 0 Å². The van der Waals surface area contributed by atoms with Crippen LogP contribution in [-0.2, 0) is 27.3 Å². The summed E-state index contributed by atoms with van der Waals surface area (Å²) < 4.78 is 17.6. The van der Waals surface area contributed by atoms with E-state index in [0.29, 0.717) is 39.0 Å². The third-order valence-corrected chi connectivity index (χ3v) is 2.75. The van der Waals surface area contributed by atoms with Gasteiger partial charge < -0.3 is 19.5 Å². The fraction of sp³-hybridized carbons (Fsp3) is 0.857. The summed E-state index contributed by atoms with van der Waals surface area (Å²) in [6.07, 6.45) is 2.86. The molecule has 1 rings (SSSR count). The van der Waals surface area contributed by atoms with Crippen molar-refractivity contribution in [1.29, 1.82) is 0 Å². The van der Waals surface area contributed by atoms with Gasteiger partial charge in [-0.2, -0.15) is 0 Å². The van der Waals surface area contributed by atoms with Gasteiger partial charge in [-0.05, 0) is 6.42 Å². The fourth-order valence-corrected chi connectivity index (χ4v) is 1.62. The Morgan fingerprint density at radius 1 is 1.14 bits per heavy atom. The first-order valence-electron chi connectivity index (χ1n) is 7.49. The first-order chi connectivity index (χ1) is 10.2. The summed E-state index contributed by atoms with van der Waals surface area (Å²) >= 11 is 0. The number of hydrogen-bond acceptors (Lipinski definition) is 6. The average Bonchev–Trinajstić information content (AvgIpc) is 2.91. The summed E-state index contributed by atoms with van der Waals surface area (Å²) in [6, 6.07) is 0.447. The molecule has 1 N–H and O–H groups in total. The summed E-state index contributed by atoms with van der Waals surface area (Å²) in [5, 5.41) is 11.5. The van der Waals surface area contributed by atoms with E-state index in [2.05, 4.69) is 29.5 Å². The van der Waals surface area contributed by atoms with Gasteiger partial charge in [0.05, 0.1) is 32.1 Å². The number of methoxy groups -OCH3 is 1. The van der Waals surface area contributed by atoms with Gasteiger partial charge >= 0.3 is 0 Å². The molecule has 122 valence electrons. The summed E-state index contributed by atoms with van der Waals surface area (Å²) in [7, 11) is 1.69. The molecule has 0 aliphatic rings. The molecule has 0 unspecified atom stereocenters. The van der Waals surface area contributed by atoms with Crippen molar-refractivity contribution < 1.29 is 14.2 Å². The van der Waals surface area contributed by atoms with Gasteiger partial charge in [0.2, 0.25) is 0 Å². The molecule has 1 heterocycles. The van der Waals surface area contributed by atoms with Gasteiger partial charge in [0.25, 0.3) is 0 Å². The second kappa shape index (κ2) is 11.6. The summed E-state index contributed by atoms with van der Waals surface area (Å²) in [4.78, 5) is 0. The van der Waals surface area contributed by atoms with E-state index >= 15 is 0 Å². The van der Waals surface area contributed by atoms with Crippen molar-refractivity contribution in [3.05, 3.63) is 11.9 Å². The average molecular weight is 300 g/mol. The van der Waals surface area contributed by atoms with E-state index in [0.717, 1.165) is 25.3 Å². The van der Waals surface area contributed by atoms with Crippen molar-refractivity contribution in [1.82, 2.24) is 20.3 Å². The van der Waals surface area contributed by atoms with Crippen LogP contribution in [0.5, 0.6) is 0 Å². The third-order valence-electron chi connectivity index (χ3n) is 2.75. The minimum atomic E-state index is 0.447. The third kappa shape index (κ3) is 9.52. The Hall–Kier alpha value is -1.02. The van der Waals surface area contributed by atoms with Crippen LogP contribution in [0, 0.1) is 0 Å². The van der Waals surface area contributed by atoms with Gasteiger partial charge in [-0.25, -0.2) is 4.68 Å². The molecule has 0 aromatic carbocycles. The zero-order valence-electron chi connectivity index (χ0n) is 13.4. The molecule has 0 aliphatic heterocycles. The number of nitrogens with zero attached hydrogens (tertiary/aromatic N) is 3. The van der Waals surface area contributed by atoms with Gasteiger partial charge in [-0.1, -0.05) is 19.1 Å². The molecule has 7 heteroatoms. The van der Waals surface area contributed by atoms with Crippen molar-refractivity contribution in [2.24, 2.45) is 0 Å². The first kappa shape index (κ1) is 18.0. The monoisotopic (exact) mass is 300 g/mol. The largest absolute Gasteiger partial charge is 0.385 e. The molecule has 21 heavy (non-hydrogen) atoms. The van der Waals surface area contributed by atoms with E-state index in [9.17, 15) is 0 Å². The van der Waals surface area contributed by atoms with E-state index in [1.54, 1.807) is 11.8 Å². The van der Waals surface area contributed by atoms with Crippen LogP contribution in [0.1, 0.15) is 26.0 Å². The van der Waals surface area contributed by atoms with Gasteiger partial charge in [0, 0.05) is 39.1 Å². The van der Waals surface area contributed by atoms with Gasteiger partial charge in [-0.3, -0.25) is 0 Å². The van der Waals surface area contributed by atoms with Crippen molar-refractivity contribution >= 4 is 0 Å². The molecule has 0 atom stereocenters.